The van der Waals surface area contributed by atoms with E-state index < -0.39 is 35.2 Å². The molecular weight excluding hydrogens is 402 g/mol. The molecule has 2 N–H and O–H groups in total. The van der Waals surface area contributed by atoms with Crippen LogP contribution in [0.5, 0.6) is 11.5 Å². The molecule has 31 heavy (non-hydrogen) atoms. The van der Waals surface area contributed by atoms with Gasteiger partial charge in [-0.3, -0.25) is 4.79 Å². The molecule has 0 radical (unpaired) electrons. The number of benzene rings is 1. The molecule has 1 aromatic rings. The predicted octanol–water partition coefficient (Wildman–Crippen LogP) is 1.94. The van der Waals surface area contributed by atoms with Crippen LogP contribution in [-0.2, 0) is 24.5 Å². The van der Waals surface area contributed by atoms with E-state index in [0.717, 1.165) is 11.1 Å². The maximum atomic E-state index is 12.6. The van der Waals surface area contributed by atoms with E-state index >= 15 is 0 Å². The van der Waals surface area contributed by atoms with Gasteiger partial charge in [-0.15, -0.1) is 0 Å². The fraction of sp³-hybridized carbons (Fsp3) is 0.565. The van der Waals surface area contributed by atoms with Crippen LogP contribution in [0.15, 0.2) is 24.0 Å². The number of likely N-dealkylation sites (tertiary alicyclic amines) is 1. The lowest BCUT2D eigenvalue weighted by atomic mass is 9.54. The molecule has 1 saturated heterocycles. The fourth-order valence-electron chi connectivity index (χ4n) is 5.50. The predicted molar refractivity (Wildman–Crippen MR) is 111 cm³/mol. The molecule has 5 atom stereocenters. The number of piperidine rings is 1. The fourth-order valence-corrected chi connectivity index (χ4v) is 5.50. The maximum absolute atomic E-state index is 12.6. The van der Waals surface area contributed by atoms with Crippen molar-refractivity contribution in [2.24, 2.45) is 0 Å². The second-order valence-electron chi connectivity index (χ2n) is 8.89. The second-order valence-corrected chi connectivity index (χ2v) is 8.89. The number of carbonyl (C=O) groups excluding carboxylic acids is 2. The van der Waals surface area contributed by atoms with Crippen LogP contribution in [0, 0.1) is 6.92 Å². The minimum Gasteiger partial charge on any atom is -0.504 e. The molecule has 3 aliphatic rings. The highest BCUT2D eigenvalue weighted by Crippen LogP contribution is 2.62. The zero-order valence-corrected chi connectivity index (χ0v) is 18.5. The van der Waals surface area contributed by atoms with Gasteiger partial charge in [-0.25, -0.2) is 4.79 Å². The first-order valence-corrected chi connectivity index (χ1v) is 10.5. The zero-order chi connectivity index (χ0) is 22.7. The number of aryl methyl sites for hydroxylation is 1. The Morgan fingerprint density at radius 2 is 2.06 bits per heavy atom. The summed E-state index contributed by atoms with van der Waals surface area (Å²) in [5.41, 5.74) is -0.446. The van der Waals surface area contributed by atoms with E-state index in [1.807, 2.05) is 27.0 Å². The average Bonchev–Trinajstić information content (AvgIpc) is 3.07. The summed E-state index contributed by atoms with van der Waals surface area (Å²) in [5.74, 6) is -0.736. The van der Waals surface area contributed by atoms with Crippen molar-refractivity contribution in [1.82, 2.24) is 4.90 Å². The molecule has 1 aromatic carbocycles. The number of rotatable bonds is 3. The number of aromatic hydroxyl groups is 1. The number of nitrogens with zero attached hydrogens (tertiary/aromatic N) is 1. The van der Waals surface area contributed by atoms with Crippen molar-refractivity contribution in [3.8, 4) is 11.5 Å². The van der Waals surface area contributed by atoms with Crippen molar-refractivity contribution < 1.29 is 34.0 Å². The number of fused-ring (bicyclic) bond motifs is 1. The lowest BCUT2D eigenvalue weighted by molar-refractivity contribution is -0.171. The standard InChI is InChI=1S/C23H29NO7/c1-12-6-7-16(26)19-18(12)22-10-11-24(5)14(3)23(22,28)9-8-17(20(22)31-19)30-21(27)13(2)29-15(4)25/h6-8,13-14,20,26,28H,9-11H2,1-5H3/t13-,14+,20-,22-,23+/m0/s1. The van der Waals surface area contributed by atoms with Gasteiger partial charge in [0, 0.05) is 24.9 Å². The monoisotopic (exact) mass is 431 g/mol. The van der Waals surface area contributed by atoms with E-state index in [4.69, 9.17) is 14.2 Å². The van der Waals surface area contributed by atoms with Crippen LogP contribution in [0.3, 0.4) is 0 Å². The number of phenolic OH excluding ortho intramolecular Hbond substituents is 1. The van der Waals surface area contributed by atoms with E-state index in [0.29, 0.717) is 18.7 Å². The Morgan fingerprint density at radius 3 is 2.74 bits per heavy atom. The first kappa shape index (κ1) is 21.6. The van der Waals surface area contributed by atoms with Crippen LogP contribution in [0.1, 0.15) is 44.7 Å². The summed E-state index contributed by atoms with van der Waals surface area (Å²) < 4.78 is 16.8. The molecule has 168 valence electrons. The average molecular weight is 431 g/mol. The molecule has 2 heterocycles. The third kappa shape index (κ3) is 2.96. The summed E-state index contributed by atoms with van der Waals surface area (Å²) in [7, 11) is 1.97. The van der Waals surface area contributed by atoms with Gasteiger partial charge in [0.1, 0.15) is 5.76 Å². The van der Waals surface area contributed by atoms with Crippen molar-refractivity contribution in [3.63, 3.8) is 0 Å². The van der Waals surface area contributed by atoms with E-state index in [-0.39, 0.29) is 24.0 Å². The Bertz CT molecular complexity index is 973. The molecule has 4 rings (SSSR count). The highest BCUT2D eigenvalue weighted by molar-refractivity contribution is 5.79. The minimum atomic E-state index is -1.20. The number of hydrogen-bond acceptors (Lipinski definition) is 8. The molecule has 1 fully saturated rings. The molecule has 1 spiro atoms. The largest absolute Gasteiger partial charge is 0.504 e. The molecule has 0 bridgehead atoms. The lowest BCUT2D eigenvalue weighted by Crippen LogP contribution is -2.71. The van der Waals surface area contributed by atoms with Gasteiger partial charge in [-0.1, -0.05) is 6.07 Å². The number of hydrogen-bond donors (Lipinski definition) is 2. The molecule has 0 amide bonds. The topological polar surface area (TPSA) is 106 Å². The van der Waals surface area contributed by atoms with Gasteiger partial charge in [-0.05, 0) is 58.5 Å². The van der Waals surface area contributed by atoms with Crippen LogP contribution in [0.4, 0.5) is 0 Å². The van der Waals surface area contributed by atoms with Gasteiger partial charge in [0.25, 0.3) is 0 Å². The molecule has 8 nitrogen and oxygen atoms in total. The summed E-state index contributed by atoms with van der Waals surface area (Å²) >= 11 is 0. The Kier molecular flexibility index (Phi) is 5.05. The van der Waals surface area contributed by atoms with Gasteiger partial charge in [0.2, 0.25) is 0 Å². The summed E-state index contributed by atoms with van der Waals surface area (Å²) in [5, 5.41) is 22.6. The SMILES string of the molecule is CC(=O)O[C@@H](C)C(=O)OC1=CC[C@@]2(O)[C@@H](C)N(C)CC[C@@]23c2c(C)ccc(O)c2O[C@@H]13. The number of carbonyl (C=O) groups is 2. The summed E-state index contributed by atoms with van der Waals surface area (Å²) in [6.45, 7) is 7.26. The molecule has 1 aliphatic carbocycles. The molecule has 8 heteroatoms. The van der Waals surface area contributed by atoms with Crippen molar-refractivity contribution in [3.05, 3.63) is 35.1 Å². The van der Waals surface area contributed by atoms with Crippen LogP contribution >= 0.6 is 0 Å². The first-order chi connectivity index (χ1) is 14.5. The van der Waals surface area contributed by atoms with Crippen molar-refractivity contribution in [2.45, 2.75) is 69.8 Å². The van der Waals surface area contributed by atoms with Gasteiger partial charge >= 0.3 is 11.9 Å². The first-order valence-electron chi connectivity index (χ1n) is 10.5. The normalized spacial score (nSPS) is 32.6. The third-order valence-corrected chi connectivity index (χ3v) is 7.22. The Morgan fingerprint density at radius 1 is 1.35 bits per heavy atom. The third-order valence-electron chi connectivity index (χ3n) is 7.22. The molecule has 0 saturated carbocycles. The van der Waals surface area contributed by atoms with Gasteiger partial charge < -0.3 is 29.3 Å². The van der Waals surface area contributed by atoms with Gasteiger partial charge in [0.05, 0.1) is 11.0 Å². The van der Waals surface area contributed by atoms with Gasteiger partial charge in [0.15, 0.2) is 23.7 Å². The van der Waals surface area contributed by atoms with E-state index in [1.165, 1.54) is 13.8 Å². The Hall–Kier alpha value is -2.58. The molecule has 2 aliphatic heterocycles. The van der Waals surface area contributed by atoms with Crippen molar-refractivity contribution >= 4 is 11.9 Å². The van der Waals surface area contributed by atoms with Crippen LogP contribution in [-0.4, -0.2) is 64.5 Å². The summed E-state index contributed by atoms with van der Waals surface area (Å²) in [4.78, 5) is 25.9. The maximum Gasteiger partial charge on any atom is 0.352 e. The molecule has 0 aromatic heterocycles. The number of phenols is 1. The highest BCUT2D eigenvalue weighted by atomic mass is 16.6. The van der Waals surface area contributed by atoms with Crippen LogP contribution < -0.4 is 4.74 Å². The Labute approximate surface area is 181 Å². The highest BCUT2D eigenvalue weighted by Gasteiger charge is 2.69. The Balaban J connectivity index is 1.81. The number of aliphatic hydroxyl groups is 1. The van der Waals surface area contributed by atoms with E-state index in [1.54, 1.807) is 12.1 Å². The molecular formula is C23H29NO7. The van der Waals surface area contributed by atoms with Crippen molar-refractivity contribution in [2.75, 3.05) is 13.6 Å². The second kappa shape index (κ2) is 7.24. The summed E-state index contributed by atoms with van der Waals surface area (Å²) in [6, 6.07) is 3.18. The zero-order valence-electron chi connectivity index (χ0n) is 18.5. The number of esters is 2. The number of ether oxygens (including phenoxy) is 3. The number of likely N-dealkylation sites (N-methyl/N-ethyl adjacent to an activating group) is 1. The van der Waals surface area contributed by atoms with Gasteiger partial charge in [-0.2, -0.15) is 0 Å². The minimum absolute atomic E-state index is 0.0164. The summed E-state index contributed by atoms with van der Waals surface area (Å²) in [6.07, 6.45) is 0.608. The van der Waals surface area contributed by atoms with Crippen LogP contribution in [0.25, 0.3) is 0 Å². The van der Waals surface area contributed by atoms with Crippen molar-refractivity contribution in [1.29, 1.82) is 0 Å². The molecule has 0 unspecified atom stereocenters. The smallest absolute Gasteiger partial charge is 0.352 e. The van der Waals surface area contributed by atoms with E-state index in [9.17, 15) is 19.8 Å². The quantitative estimate of drug-likeness (QED) is 0.700. The lowest BCUT2D eigenvalue weighted by Gasteiger charge is -2.58. The van der Waals surface area contributed by atoms with Crippen LogP contribution in [0.2, 0.25) is 0 Å². The van der Waals surface area contributed by atoms with E-state index in [2.05, 4.69) is 4.90 Å².